The molecule has 0 spiro atoms. The molecule has 0 aliphatic carbocycles. The molecular weight excluding hydrogens is 504 g/mol. The second-order valence-corrected chi connectivity index (χ2v) is 8.39. The molecule has 0 saturated carbocycles. The number of nitro groups is 1. The van der Waals surface area contributed by atoms with E-state index in [1.165, 1.54) is 43.4 Å². The highest BCUT2D eigenvalue weighted by molar-refractivity contribution is 5.92. The highest BCUT2D eigenvalue weighted by Crippen LogP contribution is 2.34. The van der Waals surface area contributed by atoms with Gasteiger partial charge >= 0.3 is 12.1 Å². The number of non-ortho nitro benzene ring substituents is 1. The second-order valence-electron chi connectivity index (χ2n) is 8.39. The maximum absolute atomic E-state index is 12.8. The van der Waals surface area contributed by atoms with E-state index in [9.17, 15) is 19.7 Å². The molecule has 0 aliphatic heterocycles. The molecule has 0 aliphatic rings. The minimum absolute atomic E-state index is 0.0555. The van der Waals surface area contributed by atoms with Crippen molar-refractivity contribution in [1.82, 2.24) is 0 Å². The van der Waals surface area contributed by atoms with Crippen molar-refractivity contribution >= 4 is 29.5 Å². The van der Waals surface area contributed by atoms with Crippen molar-refractivity contribution in [2.24, 2.45) is 0 Å². The molecule has 0 heterocycles. The molecular formula is C29H30N2O8. The molecule has 10 heteroatoms. The highest BCUT2D eigenvalue weighted by atomic mass is 16.6. The summed E-state index contributed by atoms with van der Waals surface area (Å²) in [6.45, 7) is 2.58. The van der Waals surface area contributed by atoms with Gasteiger partial charge in [-0.3, -0.25) is 15.0 Å². The Kier molecular flexibility index (Phi) is 10.0. The summed E-state index contributed by atoms with van der Waals surface area (Å²) in [6.07, 6.45) is 2.74. The Labute approximate surface area is 226 Å². The average Bonchev–Trinajstić information content (AvgIpc) is 2.95. The number of benzene rings is 3. The van der Waals surface area contributed by atoms with Gasteiger partial charge in [-0.25, -0.2) is 9.59 Å². The number of unbranched alkanes of at least 4 members (excludes halogenated alkanes) is 1. The number of ether oxygens (including phenoxy) is 4. The summed E-state index contributed by atoms with van der Waals surface area (Å²) in [5.74, 6) is 0.253. The van der Waals surface area contributed by atoms with Crippen LogP contribution < -0.4 is 14.4 Å². The SMILES string of the molecule is CCCCOc1cc(/C=C(\OC)C(=O)OC)ccc1-c1cccc(N(C)C(=O)Oc2ccc([N+](=O)[O-])cc2)c1. The normalized spacial score (nSPS) is 10.9. The maximum atomic E-state index is 12.8. The lowest BCUT2D eigenvalue weighted by atomic mass is 10.0. The van der Waals surface area contributed by atoms with E-state index in [-0.39, 0.29) is 17.2 Å². The van der Waals surface area contributed by atoms with E-state index in [0.29, 0.717) is 23.6 Å². The first-order valence-electron chi connectivity index (χ1n) is 12.2. The van der Waals surface area contributed by atoms with Crippen LogP contribution >= 0.6 is 0 Å². The van der Waals surface area contributed by atoms with Crippen molar-refractivity contribution in [2.45, 2.75) is 19.8 Å². The fourth-order valence-electron chi connectivity index (χ4n) is 3.56. The van der Waals surface area contributed by atoms with Gasteiger partial charge < -0.3 is 18.9 Å². The summed E-state index contributed by atoms with van der Waals surface area (Å²) in [5, 5.41) is 10.8. The molecule has 3 aromatic carbocycles. The molecule has 10 nitrogen and oxygen atoms in total. The van der Waals surface area contributed by atoms with Crippen LogP contribution in [0.2, 0.25) is 0 Å². The van der Waals surface area contributed by atoms with E-state index in [4.69, 9.17) is 18.9 Å². The number of carbonyl (C=O) groups is 2. The number of esters is 1. The van der Waals surface area contributed by atoms with Crippen molar-refractivity contribution in [3.8, 4) is 22.6 Å². The number of carbonyl (C=O) groups excluding carboxylic acids is 2. The standard InChI is InChI=1S/C29H30N2O8/c1-5-6-16-38-26-17-20(18-27(36-3)28(32)37-4)10-15-25(26)21-8-7-9-23(19-21)30(2)29(33)39-24-13-11-22(12-14-24)31(34)35/h7-15,17-19H,5-6,16H2,1-4H3/b27-18-. The van der Waals surface area contributed by atoms with Crippen LogP contribution in [0.3, 0.4) is 0 Å². The number of nitro benzene ring substituents is 1. The van der Waals surface area contributed by atoms with Gasteiger partial charge in [0.15, 0.2) is 0 Å². The van der Waals surface area contributed by atoms with Crippen LogP contribution in [0.25, 0.3) is 17.2 Å². The summed E-state index contributed by atoms with van der Waals surface area (Å²) in [6, 6.07) is 18.1. The number of amides is 1. The van der Waals surface area contributed by atoms with Crippen LogP contribution in [0.1, 0.15) is 25.3 Å². The lowest BCUT2D eigenvalue weighted by Crippen LogP contribution is -2.29. The fourth-order valence-corrected chi connectivity index (χ4v) is 3.56. The Hall–Kier alpha value is -4.86. The van der Waals surface area contributed by atoms with Crippen molar-refractivity contribution in [3.63, 3.8) is 0 Å². The fraction of sp³-hybridized carbons (Fsp3) is 0.241. The summed E-state index contributed by atoms with van der Waals surface area (Å²) in [7, 11) is 4.24. The number of methoxy groups -OCH3 is 2. The quantitative estimate of drug-likeness (QED) is 0.0709. The van der Waals surface area contributed by atoms with Crippen LogP contribution in [-0.4, -0.2) is 44.9 Å². The molecule has 0 atom stereocenters. The van der Waals surface area contributed by atoms with Gasteiger partial charge in [0.05, 0.1) is 25.7 Å². The third kappa shape index (κ3) is 7.57. The van der Waals surface area contributed by atoms with E-state index >= 15 is 0 Å². The topological polar surface area (TPSA) is 117 Å². The molecule has 0 unspecified atom stereocenters. The van der Waals surface area contributed by atoms with Crippen molar-refractivity contribution in [2.75, 3.05) is 32.8 Å². The van der Waals surface area contributed by atoms with Gasteiger partial charge in [-0.15, -0.1) is 0 Å². The lowest BCUT2D eigenvalue weighted by Gasteiger charge is -2.19. The first-order valence-corrected chi connectivity index (χ1v) is 12.2. The zero-order valence-corrected chi connectivity index (χ0v) is 22.2. The number of nitrogens with zero attached hydrogens (tertiary/aromatic N) is 2. The van der Waals surface area contributed by atoms with E-state index in [2.05, 4.69) is 6.92 Å². The first kappa shape index (κ1) is 28.7. The molecule has 0 N–H and O–H groups in total. The van der Waals surface area contributed by atoms with E-state index < -0.39 is 17.0 Å². The molecule has 204 valence electrons. The lowest BCUT2D eigenvalue weighted by molar-refractivity contribution is -0.384. The smallest absolute Gasteiger partial charge is 0.419 e. The molecule has 1 amide bonds. The molecule has 0 aromatic heterocycles. The molecule has 3 rings (SSSR count). The van der Waals surface area contributed by atoms with E-state index in [1.807, 2.05) is 36.4 Å². The molecule has 0 fully saturated rings. The zero-order chi connectivity index (χ0) is 28.4. The van der Waals surface area contributed by atoms with Crippen LogP contribution in [-0.2, 0) is 14.3 Å². The van der Waals surface area contributed by atoms with Gasteiger partial charge in [0.25, 0.3) is 5.69 Å². The van der Waals surface area contributed by atoms with Crippen LogP contribution in [0.15, 0.2) is 72.5 Å². The molecule has 0 radical (unpaired) electrons. The predicted molar refractivity (Wildman–Crippen MR) is 147 cm³/mol. The van der Waals surface area contributed by atoms with Crippen LogP contribution in [0.5, 0.6) is 11.5 Å². The highest BCUT2D eigenvalue weighted by Gasteiger charge is 2.17. The second kappa shape index (κ2) is 13.6. The minimum atomic E-state index is -0.657. The molecule has 0 bridgehead atoms. The Balaban J connectivity index is 1.89. The number of anilines is 1. The first-order chi connectivity index (χ1) is 18.8. The Morgan fingerprint density at radius 3 is 2.38 bits per heavy atom. The van der Waals surface area contributed by atoms with Gasteiger partial charge in [0.2, 0.25) is 5.76 Å². The van der Waals surface area contributed by atoms with Crippen LogP contribution in [0, 0.1) is 10.1 Å². The number of hydrogen-bond acceptors (Lipinski definition) is 8. The van der Waals surface area contributed by atoms with Crippen molar-refractivity contribution in [3.05, 3.63) is 88.2 Å². The maximum Gasteiger partial charge on any atom is 0.419 e. The van der Waals surface area contributed by atoms with E-state index in [1.54, 1.807) is 19.2 Å². The number of hydrogen-bond donors (Lipinski definition) is 0. The van der Waals surface area contributed by atoms with Crippen molar-refractivity contribution in [1.29, 1.82) is 0 Å². The van der Waals surface area contributed by atoms with Crippen molar-refractivity contribution < 1.29 is 33.5 Å². The van der Waals surface area contributed by atoms with Gasteiger partial charge in [0.1, 0.15) is 11.5 Å². The predicted octanol–water partition coefficient (Wildman–Crippen LogP) is 6.24. The zero-order valence-electron chi connectivity index (χ0n) is 22.2. The third-order valence-electron chi connectivity index (χ3n) is 5.74. The summed E-state index contributed by atoms with van der Waals surface area (Å²) >= 11 is 0. The molecule has 0 saturated heterocycles. The average molecular weight is 535 g/mol. The summed E-state index contributed by atoms with van der Waals surface area (Å²) in [5.41, 5.74) is 2.74. The number of rotatable bonds is 11. The Morgan fingerprint density at radius 2 is 1.74 bits per heavy atom. The summed E-state index contributed by atoms with van der Waals surface area (Å²) < 4.78 is 21.4. The Morgan fingerprint density at radius 1 is 1.00 bits per heavy atom. The monoisotopic (exact) mass is 534 g/mol. The summed E-state index contributed by atoms with van der Waals surface area (Å²) in [4.78, 5) is 36.3. The minimum Gasteiger partial charge on any atom is -0.493 e. The van der Waals surface area contributed by atoms with Gasteiger partial charge in [-0.05, 0) is 54.0 Å². The molecule has 3 aromatic rings. The largest absolute Gasteiger partial charge is 0.493 e. The van der Waals surface area contributed by atoms with Gasteiger partial charge in [-0.1, -0.05) is 37.6 Å². The third-order valence-corrected chi connectivity index (χ3v) is 5.74. The van der Waals surface area contributed by atoms with Crippen LogP contribution in [0.4, 0.5) is 16.2 Å². The van der Waals surface area contributed by atoms with Gasteiger partial charge in [-0.2, -0.15) is 0 Å². The Bertz CT molecular complexity index is 1350. The molecule has 39 heavy (non-hydrogen) atoms. The van der Waals surface area contributed by atoms with Gasteiger partial charge in [0, 0.05) is 30.4 Å². The van der Waals surface area contributed by atoms with E-state index in [0.717, 1.165) is 24.0 Å².